The van der Waals surface area contributed by atoms with Gasteiger partial charge in [0, 0.05) is 31.9 Å². The minimum absolute atomic E-state index is 0.243. The monoisotopic (exact) mass is 282 g/mol. The Hall–Kier alpha value is -1.71. The molecule has 0 saturated heterocycles. The summed E-state index contributed by atoms with van der Waals surface area (Å²) in [6, 6.07) is 15.3. The number of aliphatic hydroxyl groups is 1. The zero-order chi connectivity index (χ0) is 14.5. The molecule has 21 heavy (non-hydrogen) atoms. The second-order valence-electron chi connectivity index (χ2n) is 5.62. The van der Waals surface area contributed by atoms with Gasteiger partial charge in [0.1, 0.15) is 0 Å². The van der Waals surface area contributed by atoms with E-state index in [1.165, 1.54) is 11.1 Å². The van der Waals surface area contributed by atoms with Crippen LogP contribution in [0.3, 0.4) is 0 Å². The first-order valence-corrected chi connectivity index (χ1v) is 7.71. The van der Waals surface area contributed by atoms with Gasteiger partial charge in [0.05, 0.1) is 5.69 Å². The topological polar surface area (TPSA) is 36.4 Å². The molecule has 0 radical (unpaired) electrons. The number of aryl methyl sites for hydroxylation is 1. The van der Waals surface area contributed by atoms with E-state index in [9.17, 15) is 5.11 Å². The molecule has 1 aromatic carbocycles. The Morgan fingerprint density at radius 1 is 1.14 bits per heavy atom. The fourth-order valence-corrected chi connectivity index (χ4v) is 3.23. The molecule has 110 valence electrons. The van der Waals surface area contributed by atoms with Crippen molar-refractivity contribution in [1.82, 2.24) is 9.88 Å². The maximum absolute atomic E-state index is 9.18. The van der Waals surface area contributed by atoms with Gasteiger partial charge in [-0.05, 0) is 42.5 Å². The maximum Gasteiger partial charge on any atom is 0.0544 e. The number of fused-ring (bicyclic) bond motifs is 1. The summed E-state index contributed by atoms with van der Waals surface area (Å²) in [7, 11) is 0. The van der Waals surface area contributed by atoms with Gasteiger partial charge in [0.15, 0.2) is 0 Å². The highest BCUT2D eigenvalue weighted by Gasteiger charge is 2.27. The zero-order valence-corrected chi connectivity index (χ0v) is 12.3. The van der Waals surface area contributed by atoms with E-state index in [2.05, 4.69) is 40.2 Å². The Morgan fingerprint density at radius 2 is 2.00 bits per heavy atom. The predicted molar refractivity (Wildman–Crippen MR) is 83.9 cm³/mol. The molecule has 1 unspecified atom stereocenters. The molecule has 0 amide bonds. The van der Waals surface area contributed by atoms with Crippen LogP contribution in [0.4, 0.5) is 0 Å². The van der Waals surface area contributed by atoms with Crippen molar-refractivity contribution < 1.29 is 5.11 Å². The number of hydrogen-bond donors (Lipinski definition) is 1. The smallest absolute Gasteiger partial charge is 0.0544 e. The van der Waals surface area contributed by atoms with Gasteiger partial charge in [0.25, 0.3) is 0 Å². The van der Waals surface area contributed by atoms with E-state index in [0.717, 1.165) is 38.0 Å². The zero-order valence-electron chi connectivity index (χ0n) is 12.3. The highest BCUT2D eigenvalue weighted by molar-refractivity contribution is 5.34. The van der Waals surface area contributed by atoms with Crippen LogP contribution in [-0.4, -0.2) is 28.1 Å². The molecule has 1 heterocycles. The molecule has 1 aromatic heterocycles. The van der Waals surface area contributed by atoms with E-state index in [-0.39, 0.29) is 6.61 Å². The second-order valence-corrected chi connectivity index (χ2v) is 5.62. The lowest BCUT2D eigenvalue weighted by atomic mass is 10.1. The van der Waals surface area contributed by atoms with Gasteiger partial charge in [-0.3, -0.25) is 9.88 Å². The first-order valence-electron chi connectivity index (χ1n) is 7.71. The lowest BCUT2D eigenvalue weighted by Gasteiger charge is -2.29. The summed E-state index contributed by atoms with van der Waals surface area (Å²) in [4.78, 5) is 6.91. The Morgan fingerprint density at radius 3 is 2.81 bits per heavy atom. The highest BCUT2D eigenvalue weighted by Crippen LogP contribution is 2.36. The summed E-state index contributed by atoms with van der Waals surface area (Å²) < 4.78 is 0. The van der Waals surface area contributed by atoms with E-state index in [1.54, 1.807) is 0 Å². The van der Waals surface area contributed by atoms with Crippen molar-refractivity contribution in [3.8, 4) is 0 Å². The normalized spacial score (nSPS) is 17.1. The molecule has 3 nitrogen and oxygen atoms in total. The maximum atomic E-state index is 9.18. The molecule has 2 aromatic rings. The SMILES string of the molecule is OCCCN(Cc1ccccn1)C1CCc2ccccc21. The predicted octanol–water partition coefficient (Wildman–Crippen LogP) is 2.95. The number of nitrogens with zero attached hydrogens (tertiary/aromatic N) is 2. The van der Waals surface area contributed by atoms with Crippen LogP contribution < -0.4 is 0 Å². The standard InChI is InChI=1S/C18H22N2O/c21-13-5-12-20(14-16-7-3-4-11-19-16)18-10-9-15-6-1-2-8-17(15)18/h1-4,6-8,11,18,21H,5,9-10,12-14H2. The molecular formula is C18H22N2O. The van der Waals surface area contributed by atoms with Gasteiger partial charge in [-0.1, -0.05) is 30.3 Å². The largest absolute Gasteiger partial charge is 0.396 e. The molecule has 1 aliphatic carbocycles. The summed E-state index contributed by atoms with van der Waals surface area (Å²) >= 11 is 0. The number of hydrogen-bond acceptors (Lipinski definition) is 3. The van der Waals surface area contributed by atoms with Gasteiger partial charge < -0.3 is 5.11 Å². The number of benzene rings is 1. The second kappa shape index (κ2) is 6.83. The van der Waals surface area contributed by atoms with E-state index in [1.807, 2.05) is 18.3 Å². The molecule has 1 atom stereocenters. The first-order chi connectivity index (χ1) is 10.4. The summed E-state index contributed by atoms with van der Waals surface area (Å²) in [5.74, 6) is 0. The number of aromatic nitrogens is 1. The minimum Gasteiger partial charge on any atom is -0.396 e. The van der Waals surface area contributed by atoms with Crippen LogP contribution in [0.5, 0.6) is 0 Å². The van der Waals surface area contributed by atoms with Crippen molar-refractivity contribution in [3.63, 3.8) is 0 Å². The molecule has 1 N–H and O–H groups in total. The summed E-state index contributed by atoms with van der Waals surface area (Å²) in [6.07, 6.45) is 4.98. The van der Waals surface area contributed by atoms with Crippen molar-refractivity contribution in [2.45, 2.75) is 31.8 Å². The Labute approximate surface area is 126 Å². The minimum atomic E-state index is 0.243. The van der Waals surface area contributed by atoms with E-state index in [4.69, 9.17) is 0 Å². The molecule has 0 fully saturated rings. The van der Waals surface area contributed by atoms with Crippen molar-refractivity contribution in [1.29, 1.82) is 0 Å². The van der Waals surface area contributed by atoms with Crippen LogP contribution in [0.15, 0.2) is 48.7 Å². The molecular weight excluding hydrogens is 260 g/mol. The number of pyridine rings is 1. The first kappa shape index (κ1) is 14.2. The average Bonchev–Trinajstić information content (AvgIpc) is 2.96. The quantitative estimate of drug-likeness (QED) is 0.885. The van der Waals surface area contributed by atoms with Gasteiger partial charge in [-0.15, -0.1) is 0 Å². The number of rotatable bonds is 6. The van der Waals surface area contributed by atoms with E-state index < -0.39 is 0 Å². The molecule has 0 bridgehead atoms. The van der Waals surface area contributed by atoms with Crippen molar-refractivity contribution in [3.05, 3.63) is 65.5 Å². The van der Waals surface area contributed by atoms with E-state index >= 15 is 0 Å². The molecule has 1 aliphatic rings. The van der Waals surface area contributed by atoms with Crippen LogP contribution in [0.1, 0.15) is 35.7 Å². The fraction of sp³-hybridized carbons (Fsp3) is 0.389. The van der Waals surface area contributed by atoms with Gasteiger partial charge in [0.2, 0.25) is 0 Å². The molecule has 3 rings (SSSR count). The molecule has 0 aliphatic heterocycles. The molecule has 0 saturated carbocycles. The van der Waals surface area contributed by atoms with Crippen LogP contribution in [0, 0.1) is 0 Å². The van der Waals surface area contributed by atoms with Gasteiger partial charge in [-0.2, -0.15) is 0 Å². The average molecular weight is 282 g/mol. The molecule has 3 heteroatoms. The van der Waals surface area contributed by atoms with Crippen LogP contribution in [0.2, 0.25) is 0 Å². The Kier molecular flexibility index (Phi) is 4.63. The summed E-state index contributed by atoms with van der Waals surface area (Å²) in [6.45, 7) is 2.00. The lowest BCUT2D eigenvalue weighted by Crippen LogP contribution is -2.29. The van der Waals surface area contributed by atoms with Crippen molar-refractivity contribution >= 4 is 0 Å². The molecule has 0 spiro atoms. The highest BCUT2D eigenvalue weighted by atomic mass is 16.3. The van der Waals surface area contributed by atoms with Crippen LogP contribution >= 0.6 is 0 Å². The van der Waals surface area contributed by atoms with Gasteiger partial charge >= 0.3 is 0 Å². The Bertz CT molecular complexity index is 570. The number of aliphatic hydroxyl groups excluding tert-OH is 1. The lowest BCUT2D eigenvalue weighted by molar-refractivity contribution is 0.164. The third kappa shape index (κ3) is 3.31. The Balaban J connectivity index is 1.80. The van der Waals surface area contributed by atoms with Crippen molar-refractivity contribution in [2.75, 3.05) is 13.2 Å². The fourth-order valence-electron chi connectivity index (χ4n) is 3.23. The van der Waals surface area contributed by atoms with Crippen molar-refractivity contribution in [2.24, 2.45) is 0 Å². The third-order valence-corrected chi connectivity index (χ3v) is 4.24. The van der Waals surface area contributed by atoms with Crippen LogP contribution in [0.25, 0.3) is 0 Å². The summed E-state index contributed by atoms with van der Waals surface area (Å²) in [5, 5.41) is 9.18. The van der Waals surface area contributed by atoms with E-state index in [0.29, 0.717) is 6.04 Å². The third-order valence-electron chi connectivity index (χ3n) is 4.24. The van der Waals surface area contributed by atoms with Gasteiger partial charge in [-0.25, -0.2) is 0 Å². The van der Waals surface area contributed by atoms with Crippen LogP contribution in [-0.2, 0) is 13.0 Å². The summed E-state index contributed by atoms with van der Waals surface area (Å²) in [5.41, 5.74) is 4.02.